The van der Waals surface area contributed by atoms with Gasteiger partial charge in [-0.25, -0.2) is 0 Å². The summed E-state index contributed by atoms with van der Waals surface area (Å²) in [4.78, 5) is 24.3. The second-order valence-electron chi connectivity index (χ2n) is 4.74. The van der Waals surface area contributed by atoms with Crippen molar-refractivity contribution in [2.75, 3.05) is 26.2 Å². The van der Waals surface area contributed by atoms with E-state index in [4.69, 9.17) is 10.5 Å². The molecule has 1 aromatic rings. The zero-order valence-corrected chi connectivity index (χ0v) is 12.5. The summed E-state index contributed by atoms with van der Waals surface area (Å²) in [5.41, 5.74) is 6.61. The number of non-ortho nitro benzene ring substituents is 1. The third kappa shape index (κ3) is 3.90. The molecule has 1 unspecified atom stereocenters. The number of morpholine rings is 1. The minimum absolute atomic E-state index is 0. The molecule has 0 saturated carbocycles. The number of carbonyl (C=O) groups is 1. The number of rotatable bonds is 3. The number of nitrogens with two attached hydrogens (primary N) is 1. The number of hydrogen-bond donors (Lipinski definition) is 1. The topological polar surface area (TPSA) is 98.7 Å². The number of nitro benzene ring substituents is 1. The third-order valence-corrected chi connectivity index (χ3v) is 3.34. The van der Waals surface area contributed by atoms with Crippen LogP contribution >= 0.6 is 12.4 Å². The van der Waals surface area contributed by atoms with E-state index in [0.29, 0.717) is 37.4 Å². The van der Waals surface area contributed by atoms with Crippen molar-refractivity contribution in [3.05, 3.63) is 39.4 Å². The van der Waals surface area contributed by atoms with Gasteiger partial charge in [0.1, 0.15) is 0 Å². The molecule has 1 aromatic carbocycles. The Hall–Kier alpha value is -1.70. The zero-order valence-electron chi connectivity index (χ0n) is 11.7. The summed E-state index contributed by atoms with van der Waals surface area (Å²) in [6.07, 6.45) is -0.147. The molecule has 0 radical (unpaired) electrons. The van der Waals surface area contributed by atoms with E-state index in [-0.39, 0.29) is 30.1 Å². The van der Waals surface area contributed by atoms with Crippen LogP contribution in [0.2, 0.25) is 0 Å². The maximum Gasteiger partial charge on any atom is 0.269 e. The number of aryl methyl sites for hydroxylation is 1. The van der Waals surface area contributed by atoms with E-state index < -0.39 is 4.92 Å². The highest BCUT2D eigenvalue weighted by Gasteiger charge is 2.25. The lowest BCUT2D eigenvalue weighted by Crippen LogP contribution is -2.48. The van der Waals surface area contributed by atoms with E-state index in [2.05, 4.69) is 0 Å². The molecule has 0 aliphatic carbocycles. The van der Waals surface area contributed by atoms with Gasteiger partial charge in [-0.2, -0.15) is 0 Å². The van der Waals surface area contributed by atoms with Gasteiger partial charge in [-0.1, -0.05) is 0 Å². The third-order valence-electron chi connectivity index (χ3n) is 3.34. The molecule has 2 rings (SSSR count). The summed E-state index contributed by atoms with van der Waals surface area (Å²) in [5, 5.41) is 10.7. The van der Waals surface area contributed by atoms with E-state index in [0.717, 1.165) is 0 Å². The SMILES string of the molecule is Cc1cc([N+](=O)[O-])ccc1C(=O)N1CCOC(CN)C1.Cl. The largest absolute Gasteiger partial charge is 0.373 e. The summed E-state index contributed by atoms with van der Waals surface area (Å²) in [6, 6.07) is 4.26. The minimum Gasteiger partial charge on any atom is -0.373 e. The summed E-state index contributed by atoms with van der Waals surface area (Å²) in [6.45, 7) is 3.47. The molecule has 1 aliphatic heterocycles. The number of carbonyl (C=O) groups excluding carboxylic acids is 1. The summed E-state index contributed by atoms with van der Waals surface area (Å²) in [5.74, 6) is -0.140. The van der Waals surface area contributed by atoms with Crippen LogP contribution < -0.4 is 5.73 Å². The molecule has 0 bridgehead atoms. The van der Waals surface area contributed by atoms with Crippen molar-refractivity contribution >= 4 is 24.0 Å². The zero-order chi connectivity index (χ0) is 14.7. The van der Waals surface area contributed by atoms with Crippen molar-refractivity contribution in [2.45, 2.75) is 13.0 Å². The second-order valence-corrected chi connectivity index (χ2v) is 4.74. The maximum atomic E-state index is 12.4. The summed E-state index contributed by atoms with van der Waals surface area (Å²) >= 11 is 0. The number of hydrogen-bond acceptors (Lipinski definition) is 5. The van der Waals surface area contributed by atoms with Crippen LogP contribution in [0.5, 0.6) is 0 Å². The van der Waals surface area contributed by atoms with Crippen LogP contribution in [0.25, 0.3) is 0 Å². The first kappa shape index (κ1) is 17.4. The number of halogens is 1. The quantitative estimate of drug-likeness (QED) is 0.665. The normalized spacial score (nSPS) is 18.0. The molecule has 1 fully saturated rings. The Labute approximate surface area is 128 Å². The highest BCUT2D eigenvalue weighted by atomic mass is 35.5. The van der Waals surface area contributed by atoms with Crippen molar-refractivity contribution < 1.29 is 14.5 Å². The standard InChI is InChI=1S/C13H17N3O4.ClH/c1-9-6-10(16(18)19)2-3-12(9)13(17)15-4-5-20-11(7-14)8-15;/h2-3,6,11H,4-5,7-8,14H2,1H3;1H. The van der Waals surface area contributed by atoms with E-state index >= 15 is 0 Å². The van der Waals surface area contributed by atoms with Crippen LogP contribution in [-0.2, 0) is 4.74 Å². The molecular weight excluding hydrogens is 298 g/mol. The van der Waals surface area contributed by atoms with E-state index in [9.17, 15) is 14.9 Å². The van der Waals surface area contributed by atoms with E-state index in [1.165, 1.54) is 18.2 Å². The molecular formula is C13H18ClN3O4. The van der Waals surface area contributed by atoms with Gasteiger partial charge < -0.3 is 15.4 Å². The number of nitrogens with zero attached hydrogens (tertiary/aromatic N) is 2. The Bertz CT molecular complexity index is 538. The smallest absolute Gasteiger partial charge is 0.269 e. The van der Waals surface area contributed by atoms with Crippen molar-refractivity contribution in [2.24, 2.45) is 5.73 Å². The van der Waals surface area contributed by atoms with Crippen molar-refractivity contribution in [1.29, 1.82) is 0 Å². The maximum absolute atomic E-state index is 12.4. The van der Waals surface area contributed by atoms with Crippen LogP contribution in [0.15, 0.2) is 18.2 Å². The van der Waals surface area contributed by atoms with Gasteiger partial charge in [0.15, 0.2) is 0 Å². The number of amides is 1. The first-order valence-electron chi connectivity index (χ1n) is 6.39. The van der Waals surface area contributed by atoms with Crippen molar-refractivity contribution in [3.8, 4) is 0 Å². The highest BCUT2D eigenvalue weighted by molar-refractivity contribution is 5.96. The Morgan fingerprint density at radius 1 is 1.57 bits per heavy atom. The van der Waals surface area contributed by atoms with Crippen molar-refractivity contribution in [3.63, 3.8) is 0 Å². The van der Waals surface area contributed by atoms with Crippen molar-refractivity contribution in [1.82, 2.24) is 4.90 Å². The Kier molecular flexibility index (Phi) is 6.07. The van der Waals surface area contributed by atoms with Gasteiger partial charge in [0.2, 0.25) is 0 Å². The Morgan fingerprint density at radius 3 is 2.86 bits per heavy atom. The Morgan fingerprint density at radius 2 is 2.29 bits per heavy atom. The number of ether oxygens (including phenoxy) is 1. The summed E-state index contributed by atoms with van der Waals surface area (Å²) < 4.78 is 5.42. The van der Waals surface area contributed by atoms with Crippen LogP contribution in [0, 0.1) is 17.0 Å². The molecule has 116 valence electrons. The van der Waals surface area contributed by atoms with Gasteiger partial charge in [-0.15, -0.1) is 12.4 Å². The monoisotopic (exact) mass is 315 g/mol. The summed E-state index contributed by atoms with van der Waals surface area (Å²) in [7, 11) is 0. The lowest BCUT2D eigenvalue weighted by Gasteiger charge is -2.32. The molecule has 1 atom stereocenters. The fourth-order valence-electron chi connectivity index (χ4n) is 2.22. The molecule has 1 heterocycles. The molecule has 0 spiro atoms. The average Bonchev–Trinajstić information content (AvgIpc) is 2.46. The number of nitro groups is 1. The molecule has 7 nitrogen and oxygen atoms in total. The van der Waals surface area contributed by atoms with Gasteiger partial charge >= 0.3 is 0 Å². The van der Waals surface area contributed by atoms with Crippen LogP contribution in [0.4, 0.5) is 5.69 Å². The molecule has 0 aromatic heterocycles. The lowest BCUT2D eigenvalue weighted by atomic mass is 10.1. The molecule has 21 heavy (non-hydrogen) atoms. The average molecular weight is 316 g/mol. The van der Waals surface area contributed by atoms with Gasteiger partial charge in [-0.05, 0) is 18.6 Å². The molecule has 2 N–H and O–H groups in total. The molecule has 1 aliphatic rings. The fraction of sp³-hybridized carbons (Fsp3) is 0.462. The van der Waals surface area contributed by atoms with E-state index in [1.807, 2.05) is 0 Å². The number of benzene rings is 1. The highest BCUT2D eigenvalue weighted by Crippen LogP contribution is 2.19. The van der Waals surface area contributed by atoms with Gasteiger partial charge in [0, 0.05) is 37.3 Å². The van der Waals surface area contributed by atoms with Gasteiger partial charge in [-0.3, -0.25) is 14.9 Å². The van der Waals surface area contributed by atoms with Crippen LogP contribution in [-0.4, -0.2) is 48.1 Å². The van der Waals surface area contributed by atoms with E-state index in [1.54, 1.807) is 11.8 Å². The van der Waals surface area contributed by atoms with Crippen LogP contribution in [0.1, 0.15) is 15.9 Å². The fourth-order valence-corrected chi connectivity index (χ4v) is 2.22. The lowest BCUT2D eigenvalue weighted by molar-refractivity contribution is -0.384. The predicted molar refractivity (Wildman–Crippen MR) is 79.8 cm³/mol. The predicted octanol–water partition coefficient (Wildman–Crippen LogP) is 1.12. The minimum atomic E-state index is -0.472. The molecule has 8 heteroatoms. The second kappa shape index (κ2) is 7.35. The molecule has 1 saturated heterocycles. The first-order chi connectivity index (χ1) is 9.52. The molecule has 1 amide bonds. The Balaban J connectivity index is 0.00000220. The van der Waals surface area contributed by atoms with Gasteiger partial charge in [0.05, 0.1) is 17.6 Å². The van der Waals surface area contributed by atoms with Gasteiger partial charge in [0.25, 0.3) is 11.6 Å². The van der Waals surface area contributed by atoms with Crippen LogP contribution in [0.3, 0.4) is 0 Å². The first-order valence-corrected chi connectivity index (χ1v) is 6.39.